The van der Waals surface area contributed by atoms with Crippen LogP contribution >= 0.6 is 0 Å². The highest BCUT2D eigenvalue weighted by Crippen LogP contribution is 2.30. The molecule has 16 heavy (non-hydrogen) atoms. The topological polar surface area (TPSA) is 122 Å². The Morgan fingerprint density at radius 1 is 1.50 bits per heavy atom. The highest BCUT2D eigenvalue weighted by atomic mass is 16.3. The maximum Gasteiger partial charge on any atom is 0.224 e. The van der Waals surface area contributed by atoms with Gasteiger partial charge >= 0.3 is 0 Å². The molecule has 0 saturated carbocycles. The number of nitrogens with two attached hydrogens (primary N) is 2. The lowest BCUT2D eigenvalue weighted by molar-refractivity contribution is 0.151. The van der Waals surface area contributed by atoms with Crippen molar-refractivity contribution < 1.29 is 5.11 Å². The predicted molar refractivity (Wildman–Crippen MR) is 63.1 cm³/mol. The van der Waals surface area contributed by atoms with Crippen LogP contribution in [0.2, 0.25) is 0 Å². The molecule has 0 radical (unpaired) electrons. The summed E-state index contributed by atoms with van der Waals surface area (Å²) in [6.45, 7) is 2.50. The third-order valence-corrected chi connectivity index (χ3v) is 2.66. The first-order chi connectivity index (χ1) is 7.61. The number of nitrogens with one attached hydrogen (secondary N) is 2. The zero-order valence-corrected chi connectivity index (χ0v) is 9.07. The van der Waals surface area contributed by atoms with Crippen LogP contribution in [0.1, 0.15) is 13.3 Å². The van der Waals surface area contributed by atoms with Crippen LogP contribution in [0.4, 0.5) is 23.3 Å². The number of aliphatic hydroxyl groups excluding tert-OH is 1. The average Bonchev–Trinajstić information content (AvgIpc) is 2.27. The highest BCUT2D eigenvalue weighted by Gasteiger charge is 2.25. The third kappa shape index (κ3) is 1.81. The normalized spacial score (nSPS) is 20.5. The van der Waals surface area contributed by atoms with E-state index in [2.05, 4.69) is 20.6 Å². The van der Waals surface area contributed by atoms with E-state index in [-0.39, 0.29) is 12.0 Å². The van der Waals surface area contributed by atoms with E-state index in [1.54, 1.807) is 0 Å². The van der Waals surface area contributed by atoms with Crippen molar-refractivity contribution in [1.29, 1.82) is 0 Å². The standard InChI is InChI=1S/C9H16N6O/c1-2-5(16)4-3-12-8-6(13-4)7(10)14-9(11)15-8/h4-5,13,16H,2-3H2,1H3,(H5,10,11,12,14,15)/t4-,5?/m1/s1. The molecule has 0 spiro atoms. The summed E-state index contributed by atoms with van der Waals surface area (Å²) < 4.78 is 0. The van der Waals surface area contributed by atoms with Crippen molar-refractivity contribution in [2.75, 3.05) is 28.6 Å². The molecule has 1 unspecified atom stereocenters. The molecule has 2 rings (SSSR count). The number of anilines is 4. The van der Waals surface area contributed by atoms with E-state index in [1.165, 1.54) is 0 Å². The fraction of sp³-hybridized carbons (Fsp3) is 0.556. The van der Waals surface area contributed by atoms with Crippen molar-refractivity contribution in [3.63, 3.8) is 0 Å². The molecule has 2 heterocycles. The minimum atomic E-state index is -0.433. The van der Waals surface area contributed by atoms with Gasteiger partial charge in [0.2, 0.25) is 5.95 Å². The van der Waals surface area contributed by atoms with Gasteiger partial charge in [-0.3, -0.25) is 0 Å². The van der Waals surface area contributed by atoms with E-state index < -0.39 is 6.10 Å². The molecule has 0 amide bonds. The molecule has 0 saturated heterocycles. The summed E-state index contributed by atoms with van der Waals surface area (Å²) >= 11 is 0. The second-order valence-corrected chi connectivity index (χ2v) is 3.80. The molecule has 0 aliphatic carbocycles. The Bertz CT molecular complexity index is 396. The lowest BCUT2D eigenvalue weighted by atomic mass is 10.1. The van der Waals surface area contributed by atoms with Crippen LogP contribution in [0.3, 0.4) is 0 Å². The zero-order chi connectivity index (χ0) is 11.7. The molecular formula is C9H16N6O. The van der Waals surface area contributed by atoms with Crippen LogP contribution in [0, 0.1) is 0 Å². The number of fused-ring (bicyclic) bond motifs is 1. The minimum Gasteiger partial charge on any atom is -0.391 e. The Morgan fingerprint density at radius 2 is 2.25 bits per heavy atom. The lowest BCUT2D eigenvalue weighted by Crippen LogP contribution is -2.42. The summed E-state index contributed by atoms with van der Waals surface area (Å²) in [6, 6.07) is -0.0907. The van der Waals surface area contributed by atoms with Gasteiger partial charge in [-0.2, -0.15) is 9.97 Å². The summed E-state index contributed by atoms with van der Waals surface area (Å²) in [5.41, 5.74) is 11.8. The Kier molecular flexibility index (Phi) is 2.69. The number of aromatic nitrogens is 2. The number of hydrogen-bond donors (Lipinski definition) is 5. The molecular weight excluding hydrogens is 208 g/mol. The van der Waals surface area contributed by atoms with Gasteiger partial charge in [-0.25, -0.2) is 0 Å². The van der Waals surface area contributed by atoms with Crippen molar-refractivity contribution in [1.82, 2.24) is 9.97 Å². The monoisotopic (exact) mass is 224 g/mol. The van der Waals surface area contributed by atoms with E-state index in [9.17, 15) is 5.11 Å². The maximum atomic E-state index is 9.74. The van der Waals surface area contributed by atoms with Crippen molar-refractivity contribution in [3.05, 3.63) is 0 Å². The van der Waals surface area contributed by atoms with Gasteiger partial charge in [0.25, 0.3) is 0 Å². The van der Waals surface area contributed by atoms with Crippen molar-refractivity contribution in [2.24, 2.45) is 0 Å². The van der Waals surface area contributed by atoms with Crippen LogP contribution < -0.4 is 22.1 Å². The van der Waals surface area contributed by atoms with E-state index in [0.717, 1.165) is 0 Å². The summed E-state index contributed by atoms with van der Waals surface area (Å²) in [5.74, 6) is 1.02. The Hall–Kier alpha value is -1.76. The van der Waals surface area contributed by atoms with Crippen molar-refractivity contribution in [3.8, 4) is 0 Å². The van der Waals surface area contributed by atoms with E-state index in [0.29, 0.717) is 30.3 Å². The molecule has 1 aliphatic rings. The van der Waals surface area contributed by atoms with E-state index in [1.807, 2.05) is 6.92 Å². The molecule has 1 aromatic rings. The molecule has 7 heteroatoms. The first-order valence-corrected chi connectivity index (χ1v) is 5.23. The Labute approximate surface area is 93.3 Å². The summed E-state index contributed by atoms with van der Waals surface area (Å²) in [4.78, 5) is 7.89. The quantitative estimate of drug-likeness (QED) is 0.464. The molecule has 0 fully saturated rings. The number of hydrogen-bond acceptors (Lipinski definition) is 7. The fourth-order valence-electron chi connectivity index (χ4n) is 1.73. The molecule has 88 valence electrons. The van der Waals surface area contributed by atoms with Gasteiger partial charge in [-0.05, 0) is 6.42 Å². The minimum absolute atomic E-state index is 0.0907. The van der Waals surface area contributed by atoms with Crippen molar-refractivity contribution in [2.45, 2.75) is 25.5 Å². The molecule has 1 aliphatic heterocycles. The van der Waals surface area contributed by atoms with Gasteiger partial charge in [-0.1, -0.05) is 6.92 Å². The molecule has 1 aromatic heterocycles. The van der Waals surface area contributed by atoms with Crippen LogP contribution in [0.5, 0.6) is 0 Å². The summed E-state index contributed by atoms with van der Waals surface area (Å²) in [5, 5.41) is 15.9. The third-order valence-electron chi connectivity index (χ3n) is 2.66. The Morgan fingerprint density at radius 3 is 2.94 bits per heavy atom. The number of nitrogens with zero attached hydrogens (tertiary/aromatic N) is 2. The van der Waals surface area contributed by atoms with Crippen molar-refractivity contribution >= 4 is 23.3 Å². The summed E-state index contributed by atoms with van der Waals surface area (Å²) in [6.07, 6.45) is 0.238. The zero-order valence-electron chi connectivity index (χ0n) is 9.07. The van der Waals surface area contributed by atoms with Crippen LogP contribution in [0.25, 0.3) is 0 Å². The lowest BCUT2D eigenvalue weighted by Gasteiger charge is -2.30. The molecule has 2 atom stereocenters. The SMILES string of the molecule is CCC(O)[C@H]1CNc2nc(N)nc(N)c2N1. The van der Waals surface area contributed by atoms with Crippen LogP contribution in [-0.4, -0.2) is 33.8 Å². The average molecular weight is 224 g/mol. The smallest absolute Gasteiger partial charge is 0.224 e. The van der Waals surface area contributed by atoms with Gasteiger partial charge in [0.1, 0.15) is 5.69 Å². The van der Waals surface area contributed by atoms with Gasteiger partial charge in [-0.15, -0.1) is 0 Å². The van der Waals surface area contributed by atoms with E-state index >= 15 is 0 Å². The predicted octanol–water partition coefficient (Wildman–Crippen LogP) is -0.382. The van der Waals surface area contributed by atoms with Gasteiger partial charge in [0.15, 0.2) is 11.6 Å². The molecule has 0 bridgehead atoms. The van der Waals surface area contributed by atoms with Gasteiger partial charge < -0.3 is 27.2 Å². The van der Waals surface area contributed by atoms with Crippen LogP contribution in [-0.2, 0) is 0 Å². The fourth-order valence-corrected chi connectivity index (χ4v) is 1.73. The second-order valence-electron chi connectivity index (χ2n) is 3.80. The molecule has 7 N–H and O–H groups in total. The number of nitrogen functional groups attached to an aromatic ring is 2. The number of rotatable bonds is 2. The molecule has 7 nitrogen and oxygen atoms in total. The Balaban J connectivity index is 2.26. The van der Waals surface area contributed by atoms with E-state index in [4.69, 9.17) is 11.5 Å². The maximum absolute atomic E-state index is 9.74. The molecule has 0 aromatic carbocycles. The second kappa shape index (κ2) is 4.01. The summed E-state index contributed by atoms with van der Waals surface area (Å²) in [7, 11) is 0. The first-order valence-electron chi connectivity index (χ1n) is 5.23. The van der Waals surface area contributed by atoms with Gasteiger partial charge in [0.05, 0.1) is 12.1 Å². The van der Waals surface area contributed by atoms with Crippen LogP contribution in [0.15, 0.2) is 0 Å². The number of aliphatic hydroxyl groups is 1. The van der Waals surface area contributed by atoms with Gasteiger partial charge in [0, 0.05) is 6.54 Å². The highest BCUT2D eigenvalue weighted by molar-refractivity contribution is 5.78. The first kappa shape index (κ1) is 10.7. The largest absolute Gasteiger partial charge is 0.391 e.